The van der Waals surface area contributed by atoms with Gasteiger partial charge < -0.3 is 5.73 Å². The molecule has 1 aliphatic rings. The summed E-state index contributed by atoms with van der Waals surface area (Å²) in [6.07, 6.45) is 6.12. The number of nitrogens with zero attached hydrogens (tertiary/aromatic N) is 3. The molecule has 5 nitrogen and oxygen atoms in total. The van der Waals surface area contributed by atoms with Crippen LogP contribution in [0.1, 0.15) is 31.4 Å². The number of rotatable bonds is 3. The van der Waals surface area contributed by atoms with Crippen molar-refractivity contribution in [1.29, 1.82) is 0 Å². The quantitative estimate of drug-likeness (QED) is 0.805. The number of Topliss-reactive ketones (excluding diaryl/α,β-unsaturated/α-hetero) is 1. The Balaban J connectivity index is 1.92. The van der Waals surface area contributed by atoms with E-state index in [-0.39, 0.29) is 17.7 Å². The fourth-order valence-electron chi connectivity index (χ4n) is 2.32. The van der Waals surface area contributed by atoms with E-state index in [0.29, 0.717) is 6.42 Å². The third-order valence-corrected chi connectivity index (χ3v) is 3.18. The Hall–Kier alpha value is -1.23. The first-order valence-corrected chi connectivity index (χ1v) is 5.78. The van der Waals surface area contributed by atoms with Crippen LogP contribution in [0.3, 0.4) is 0 Å². The van der Waals surface area contributed by atoms with E-state index in [1.54, 1.807) is 17.9 Å². The summed E-state index contributed by atoms with van der Waals surface area (Å²) in [4.78, 5) is 12.0. The first-order valence-electron chi connectivity index (χ1n) is 5.78. The van der Waals surface area contributed by atoms with Gasteiger partial charge in [-0.15, -0.1) is 5.10 Å². The van der Waals surface area contributed by atoms with Crippen LogP contribution >= 0.6 is 0 Å². The van der Waals surface area contributed by atoms with Crippen LogP contribution in [0, 0.1) is 5.92 Å². The molecule has 1 heterocycles. The van der Waals surface area contributed by atoms with Gasteiger partial charge in [0.05, 0.1) is 12.1 Å². The highest BCUT2D eigenvalue weighted by molar-refractivity contribution is 5.82. The van der Waals surface area contributed by atoms with Crippen molar-refractivity contribution in [3.8, 4) is 0 Å². The highest BCUT2D eigenvalue weighted by atomic mass is 16.1. The lowest BCUT2D eigenvalue weighted by molar-refractivity contribution is -0.123. The third-order valence-electron chi connectivity index (χ3n) is 3.18. The summed E-state index contributed by atoms with van der Waals surface area (Å²) in [6, 6.07) is 0.199. The second-order valence-corrected chi connectivity index (χ2v) is 4.65. The van der Waals surface area contributed by atoms with Crippen molar-refractivity contribution in [2.24, 2.45) is 18.7 Å². The van der Waals surface area contributed by atoms with Crippen molar-refractivity contribution in [3.63, 3.8) is 0 Å². The molecule has 1 aliphatic carbocycles. The summed E-state index contributed by atoms with van der Waals surface area (Å²) in [5, 5.41) is 7.75. The molecule has 0 amide bonds. The van der Waals surface area contributed by atoms with E-state index in [1.165, 1.54) is 0 Å². The minimum Gasteiger partial charge on any atom is -0.328 e. The molecule has 0 aromatic carbocycles. The van der Waals surface area contributed by atoms with Crippen LogP contribution in [-0.2, 0) is 18.3 Å². The van der Waals surface area contributed by atoms with Gasteiger partial charge in [-0.2, -0.15) is 0 Å². The van der Waals surface area contributed by atoms with Gasteiger partial charge in [-0.05, 0) is 19.3 Å². The third kappa shape index (κ3) is 2.66. The zero-order valence-corrected chi connectivity index (χ0v) is 9.59. The number of aryl methyl sites for hydroxylation is 1. The molecule has 88 valence electrons. The summed E-state index contributed by atoms with van der Waals surface area (Å²) >= 11 is 0. The summed E-state index contributed by atoms with van der Waals surface area (Å²) in [5.41, 5.74) is 6.63. The maximum Gasteiger partial charge on any atom is 0.142 e. The molecule has 1 aromatic rings. The molecule has 0 saturated heterocycles. The van der Waals surface area contributed by atoms with E-state index in [1.807, 2.05) is 0 Å². The second-order valence-electron chi connectivity index (χ2n) is 4.65. The van der Waals surface area contributed by atoms with Crippen LogP contribution in [-0.4, -0.2) is 26.8 Å². The predicted molar refractivity (Wildman–Crippen MR) is 59.6 cm³/mol. The van der Waals surface area contributed by atoms with E-state index in [2.05, 4.69) is 10.3 Å². The van der Waals surface area contributed by atoms with Crippen molar-refractivity contribution >= 4 is 5.78 Å². The van der Waals surface area contributed by atoms with E-state index in [4.69, 9.17) is 5.73 Å². The molecular weight excluding hydrogens is 204 g/mol. The lowest BCUT2D eigenvalue weighted by atomic mass is 9.82. The molecule has 0 bridgehead atoms. The minimum atomic E-state index is 0.130. The number of nitrogens with two attached hydrogens (primary N) is 1. The number of hydrogen-bond acceptors (Lipinski definition) is 4. The van der Waals surface area contributed by atoms with Gasteiger partial charge in [-0.25, -0.2) is 0 Å². The van der Waals surface area contributed by atoms with E-state index >= 15 is 0 Å². The van der Waals surface area contributed by atoms with Crippen LogP contribution in [0.2, 0.25) is 0 Å². The maximum atomic E-state index is 12.0. The molecule has 1 aromatic heterocycles. The standard InChI is InChI=1S/C11H18N4O/c1-15-7-10(13-14-15)6-11(16)8-3-2-4-9(12)5-8/h7-9H,2-6,12H2,1H3. The van der Waals surface area contributed by atoms with E-state index < -0.39 is 0 Å². The molecule has 0 radical (unpaired) electrons. The Morgan fingerprint density at radius 2 is 2.44 bits per heavy atom. The summed E-state index contributed by atoms with van der Waals surface area (Å²) in [6.45, 7) is 0. The van der Waals surface area contributed by atoms with Gasteiger partial charge in [0.25, 0.3) is 0 Å². The van der Waals surface area contributed by atoms with Crippen LogP contribution in [0.15, 0.2) is 6.20 Å². The fourth-order valence-corrected chi connectivity index (χ4v) is 2.32. The smallest absolute Gasteiger partial charge is 0.142 e. The Morgan fingerprint density at radius 3 is 3.06 bits per heavy atom. The monoisotopic (exact) mass is 222 g/mol. The molecule has 2 rings (SSSR count). The zero-order chi connectivity index (χ0) is 11.5. The molecule has 0 aliphatic heterocycles. The van der Waals surface area contributed by atoms with Crippen LogP contribution in [0.4, 0.5) is 0 Å². The molecule has 1 fully saturated rings. The lowest BCUT2D eigenvalue weighted by Gasteiger charge is -2.25. The van der Waals surface area contributed by atoms with E-state index in [9.17, 15) is 4.79 Å². The number of carbonyl (C=O) groups excluding carboxylic acids is 1. The van der Waals surface area contributed by atoms with Gasteiger partial charge in [0, 0.05) is 25.2 Å². The predicted octanol–water partition coefficient (Wildman–Crippen LogP) is 0.444. The Labute approximate surface area is 95.0 Å². The number of hydrogen-bond donors (Lipinski definition) is 1. The maximum absolute atomic E-state index is 12.0. The summed E-state index contributed by atoms with van der Waals surface area (Å²) in [7, 11) is 1.80. The van der Waals surface area contributed by atoms with Gasteiger partial charge in [0.2, 0.25) is 0 Å². The molecular formula is C11H18N4O. The van der Waals surface area contributed by atoms with E-state index in [0.717, 1.165) is 31.4 Å². The first kappa shape index (κ1) is 11.3. The van der Waals surface area contributed by atoms with Gasteiger partial charge >= 0.3 is 0 Å². The molecule has 2 unspecified atom stereocenters. The molecule has 0 spiro atoms. The number of aromatic nitrogens is 3. The van der Waals surface area contributed by atoms with Gasteiger partial charge in [0.1, 0.15) is 5.78 Å². The fraction of sp³-hybridized carbons (Fsp3) is 0.727. The van der Waals surface area contributed by atoms with Crippen LogP contribution < -0.4 is 5.73 Å². The van der Waals surface area contributed by atoms with Crippen molar-refractivity contribution in [1.82, 2.24) is 15.0 Å². The van der Waals surface area contributed by atoms with Crippen molar-refractivity contribution < 1.29 is 4.79 Å². The van der Waals surface area contributed by atoms with Gasteiger partial charge in [-0.1, -0.05) is 11.6 Å². The summed E-state index contributed by atoms with van der Waals surface area (Å²) < 4.78 is 1.62. The molecule has 2 atom stereocenters. The van der Waals surface area contributed by atoms with Crippen molar-refractivity contribution in [2.45, 2.75) is 38.1 Å². The van der Waals surface area contributed by atoms with Gasteiger partial charge in [0.15, 0.2) is 0 Å². The average molecular weight is 222 g/mol. The SMILES string of the molecule is Cn1cc(CC(=O)C2CCCC(N)C2)nn1. The van der Waals surface area contributed by atoms with Crippen molar-refractivity contribution in [3.05, 3.63) is 11.9 Å². The number of carbonyl (C=O) groups is 1. The number of ketones is 1. The van der Waals surface area contributed by atoms with Crippen LogP contribution in [0.25, 0.3) is 0 Å². The summed E-state index contributed by atoms with van der Waals surface area (Å²) in [5.74, 6) is 0.390. The lowest BCUT2D eigenvalue weighted by Crippen LogP contribution is -2.32. The highest BCUT2D eigenvalue weighted by Crippen LogP contribution is 2.24. The first-order chi connectivity index (χ1) is 7.65. The second kappa shape index (κ2) is 4.74. The topological polar surface area (TPSA) is 73.8 Å². The molecule has 2 N–H and O–H groups in total. The minimum absolute atomic E-state index is 0.130. The molecule has 5 heteroatoms. The van der Waals surface area contributed by atoms with Crippen LogP contribution in [0.5, 0.6) is 0 Å². The molecule has 1 saturated carbocycles. The Bertz CT molecular complexity index is 374. The van der Waals surface area contributed by atoms with Gasteiger partial charge in [-0.3, -0.25) is 9.48 Å². The Morgan fingerprint density at radius 1 is 1.62 bits per heavy atom. The normalized spacial score (nSPS) is 25.6. The highest BCUT2D eigenvalue weighted by Gasteiger charge is 2.25. The zero-order valence-electron chi connectivity index (χ0n) is 9.59. The van der Waals surface area contributed by atoms with Crippen molar-refractivity contribution in [2.75, 3.05) is 0 Å². The molecule has 16 heavy (non-hydrogen) atoms. The largest absolute Gasteiger partial charge is 0.328 e. The Kier molecular flexibility index (Phi) is 3.33. The average Bonchev–Trinajstić information content (AvgIpc) is 2.64.